The molecule has 0 aliphatic carbocycles. The summed E-state index contributed by atoms with van der Waals surface area (Å²) in [7, 11) is 0. The Hall–Kier alpha value is -4.96. The average molecular weight is 883 g/mol. The Morgan fingerprint density at radius 1 is 0.483 bits per heavy atom. The van der Waals surface area contributed by atoms with Gasteiger partial charge in [-0.1, -0.05) is 0 Å². The van der Waals surface area contributed by atoms with Crippen molar-refractivity contribution in [1.29, 1.82) is 16.2 Å². The zero-order valence-electron chi connectivity index (χ0n) is 32.6. The lowest BCUT2D eigenvalue weighted by molar-refractivity contribution is -0.139. The fourth-order valence-electron chi connectivity index (χ4n) is 3.24. The van der Waals surface area contributed by atoms with E-state index in [2.05, 4.69) is 16.0 Å². The standard InChI is InChI=1S/3C6H14N4O2.2C6H12O6/c3*7-4(5(11)12)2-1-3-10-6(8)9;2*7-1-3(9)5(11)6(12)4(10)2-8/h3*4H,1-3,7H2,(H,11,12)(H4,8,9,10);2*1,3-6,8-12H,2H2/t;;;2*3-,4+,5+,6+/m...00/s1. The second-order valence-electron chi connectivity index (χ2n) is 12.0. The number of aldehydes is 2. The molecule has 30 heteroatoms. The van der Waals surface area contributed by atoms with Crippen molar-refractivity contribution >= 4 is 48.4 Å². The van der Waals surface area contributed by atoms with E-state index in [-0.39, 0.29) is 30.5 Å². The number of aliphatic hydroxyl groups is 10. The van der Waals surface area contributed by atoms with E-state index in [0.717, 1.165) is 0 Å². The summed E-state index contributed by atoms with van der Waals surface area (Å²) in [5, 5.41) is 140. The third-order valence-corrected chi connectivity index (χ3v) is 6.81. The van der Waals surface area contributed by atoms with Gasteiger partial charge in [-0.3, -0.25) is 30.6 Å². The van der Waals surface area contributed by atoms with Gasteiger partial charge in [-0.05, 0) is 38.5 Å². The van der Waals surface area contributed by atoms with Gasteiger partial charge in [0.25, 0.3) is 0 Å². The van der Waals surface area contributed by atoms with Gasteiger partial charge >= 0.3 is 17.9 Å². The Morgan fingerprint density at radius 3 is 0.850 bits per heavy atom. The van der Waals surface area contributed by atoms with Crippen molar-refractivity contribution in [3.05, 3.63) is 0 Å². The third-order valence-electron chi connectivity index (χ3n) is 6.81. The molecule has 0 aromatic heterocycles. The highest BCUT2D eigenvalue weighted by Crippen LogP contribution is 2.04. The fraction of sp³-hybridized carbons (Fsp3) is 0.733. The lowest BCUT2D eigenvalue weighted by Crippen LogP contribution is -2.46. The highest BCUT2D eigenvalue weighted by atomic mass is 16.4. The lowest BCUT2D eigenvalue weighted by Gasteiger charge is -2.22. The van der Waals surface area contributed by atoms with E-state index in [4.69, 9.17) is 117 Å². The number of carbonyl (C=O) groups excluding carboxylic acids is 2. The number of carbonyl (C=O) groups is 5. The van der Waals surface area contributed by atoms with Gasteiger partial charge in [0.1, 0.15) is 67.0 Å². The van der Waals surface area contributed by atoms with E-state index in [1.54, 1.807) is 0 Å². The number of guanidine groups is 3. The minimum Gasteiger partial charge on any atom is -0.480 e. The number of aliphatic carboxylic acids is 3. The molecule has 0 aliphatic heterocycles. The van der Waals surface area contributed by atoms with Crippen molar-refractivity contribution in [2.45, 2.75) is 105 Å². The first kappa shape index (κ1) is 64.2. The van der Waals surface area contributed by atoms with Crippen LogP contribution in [-0.2, 0) is 24.0 Å². The summed E-state index contributed by atoms with van der Waals surface area (Å²) in [6, 6.07) is -2.46. The third kappa shape index (κ3) is 39.8. The van der Waals surface area contributed by atoms with Gasteiger partial charge in [-0.15, -0.1) is 0 Å². The normalized spacial score (nSPS) is 15.7. The van der Waals surface area contributed by atoms with Gasteiger partial charge in [-0.25, -0.2) is 0 Å². The Morgan fingerprint density at radius 2 is 0.700 bits per heavy atom. The molecule has 0 spiro atoms. The maximum absolute atomic E-state index is 10.2. The van der Waals surface area contributed by atoms with Crippen LogP contribution in [0.5, 0.6) is 0 Å². The average Bonchev–Trinajstić information content (AvgIpc) is 3.20. The van der Waals surface area contributed by atoms with Crippen LogP contribution >= 0.6 is 0 Å². The number of carboxylic acids is 3. The van der Waals surface area contributed by atoms with Gasteiger partial charge in [0.2, 0.25) is 0 Å². The number of rotatable bonds is 25. The van der Waals surface area contributed by atoms with E-state index in [0.29, 0.717) is 58.2 Å². The molecule has 0 saturated carbocycles. The van der Waals surface area contributed by atoms with Crippen LogP contribution in [0.4, 0.5) is 0 Å². The van der Waals surface area contributed by atoms with Crippen LogP contribution in [0.25, 0.3) is 0 Å². The molecule has 30 nitrogen and oxygen atoms in total. The van der Waals surface area contributed by atoms with E-state index in [1.807, 2.05) is 0 Å². The first-order valence-corrected chi connectivity index (χ1v) is 17.5. The molecule has 0 rings (SSSR count). The van der Waals surface area contributed by atoms with Gasteiger partial charge in [0, 0.05) is 19.6 Å². The van der Waals surface area contributed by atoms with Crippen LogP contribution in [0.3, 0.4) is 0 Å². The van der Waals surface area contributed by atoms with Crippen LogP contribution in [0.15, 0.2) is 0 Å². The van der Waals surface area contributed by atoms with Crippen molar-refractivity contribution < 1.29 is 90.4 Å². The SMILES string of the molecule is N=C(N)NCCCC(N)C(=O)O.N=C(N)NCCCC(N)C(=O)O.N=C(N)NCCCC(N)C(=O)O.O=C[C@H](O)[C@@H](O)[C@H](O)[C@H](O)CO.O=C[C@H](O)[C@@H](O)[C@H](O)[C@H](O)CO. The summed E-state index contributed by atoms with van der Waals surface area (Å²) >= 11 is 0. The number of hydrogen-bond donors (Lipinski definition) is 25. The first-order valence-electron chi connectivity index (χ1n) is 17.5. The van der Waals surface area contributed by atoms with Crippen LogP contribution in [-0.4, -0.2) is 215 Å². The zero-order chi connectivity index (χ0) is 48.1. The highest BCUT2D eigenvalue weighted by Gasteiger charge is 2.30. The summed E-state index contributed by atoms with van der Waals surface area (Å²) in [6.07, 6.45) is -10.8. The molecular weight excluding hydrogens is 816 g/mol. The minimum absolute atomic E-state index is 0.0258. The maximum Gasteiger partial charge on any atom is 0.320 e. The lowest BCUT2D eigenvalue weighted by atomic mass is 10.0. The number of nitrogens with one attached hydrogen (secondary N) is 6. The molecule has 0 bridgehead atoms. The molecule has 0 saturated heterocycles. The second kappa shape index (κ2) is 39.5. The largest absolute Gasteiger partial charge is 0.480 e. The molecule has 0 fully saturated rings. The van der Waals surface area contributed by atoms with Crippen molar-refractivity contribution in [2.24, 2.45) is 34.4 Å². The first-order chi connectivity index (χ1) is 27.7. The summed E-state index contributed by atoms with van der Waals surface area (Å²) < 4.78 is 0. The molecule has 0 aromatic rings. The topological polar surface area (TPSA) is 612 Å². The quantitative estimate of drug-likeness (QED) is 0.0175. The number of carboxylic acid groups (broad SMARTS) is 3. The smallest absolute Gasteiger partial charge is 0.320 e. The molecule has 354 valence electrons. The van der Waals surface area contributed by atoms with Gasteiger partial charge < -0.3 is 126 Å². The van der Waals surface area contributed by atoms with Gasteiger partial charge in [-0.2, -0.15) is 0 Å². The van der Waals surface area contributed by atoms with Gasteiger partial charge in [0.15, 0.2) is 30.5 Å². The second-order valence-corrected chi connectivity index (χ2v) is 12.0. The van der Waals surface area contributed by atoms with Crippen molar-refractivity contribution in [2.75, 3.05) is 32.8 Å². The Kier molecular flexibility index (Phi) is 42.3. The Bertz CT molecular complexity index is 1090. The fourth-order valence-corrected chi connectivity index (χ4v) is 3.24. The molecule has 11 atom stereocenters. The summed E-state index contributed by atoms with van der Waals surface area (Å²) in [4.78, 5) is 50.4. The molecular formula is C30H66N12O18. The summed E-state index contributed by atoms with van der Waals surface area (Å²) in [6.45, 7) is -0.0729. The van der Waals surface area contributed by atoms with E-state index < -0.39 is 98.1 Å². The van der Waals surface area contributed by atoms with E-state index in [1.165, 1.54) is 0 Å². The molecule has 31 N–H and O–H groups in total. The molecule has 60 heavy (non-hydrogen) atoms. The van der Waals surface area contributed by atoms with Crippen LogP contribution in [0.2, 0.25) is 0 Å². The van der Waals surface area contributed by atoms with Crippen LogP contribution < -0.4 is 50.4 Å². The minimum atomic E-state index is -1.79. The number of nitrogens with two attached hydrogens (primary N) is 6. The highest BCUT2D eigenvalue weighted by molar-refractivity contribution is 5.75. The molecule has 0 aliphatic rings. The van der Waals surface area contributed by atoms with E-state index >= 15 is 0 Å². The molecule has 0 aromatic carbocycles. The van der Waals surface area contributed by atoms with Crippen molar-refractivity contribution in [3.8, 4) is 0 Å². The Labute approximate surface area is 343 Å². The zero-order valence-corrected chi connectivity index (χ0v) is 32.6. The molecule has 0 radical (unpaired) electrons. The van der Waals surface area contributed by atoms with Gasteiger partial charge in [0.05, 0.1) is 13.2 Å². The van der Waals surface area contributed by atoms with Crippen molar-refractivity contribution in [1.82, 2.24) is 16.0 Å². The summed E-state index contributed by atoms with van der Waals surface area (Å²) in [5.74, 6) is -3.34. The monoisotopic (exact) mass is 882 g/mol. The molecule has 0 heterocycles. The molecule has 0 amide bonds. The predicted octanol–water partition coefficient (Wildman–Crippen LogP) is -10.8. The summed E-state index contributed by atoms with van der Waals surface area (Å²) in [5.41, 5.74) is 30.6. The number of aliphatic hydroxyl groups excluding tert-OH is 10. The van der Waals surface area contributed by atoms with Crippen molar-refractivity contribution in [3.63, 3.8) is 0 Å². The van der Waals surface area contributed by atoms with E-state index in [9.17, 15) is 24.0 Å². The molecule has 3 unspecified atom stereocenters. The van der Waals surface area contributed by atoms with Crippen LogP contribution in [0.1, 0.15) is 38.5 Å². The number of hydrogen-bond acceptors (Lipinski definition) is 21. The Balaban J connectivity index is -0.000000210. The predicted molar refractivity (Wildman–Crippen MR) is 209 cm³/mol. The maximum atomic E-state index is 10.2. The van der Waals surface area contributed by atoms with Crippen LogP contribution in [0, 0.1) is 16.2 Å².